The van der Waals surface area contributed by atoms with Crippen molar-refractivity contribution in [3.8, 4) is 0 Å². The van der Waals surface area contributed by atoms with E-state index in [1.807, 2.05) is 0 Å². The molecule has 0 aromatic heterocycles. The lowest BCUT2D eigenvalue weighted by Gasteiger charge is -2.27. The third-order valence-corrected chi connectivity index (χ3v) is 6.58. The van der Waals surface area contributed by atoms with Crippen molar-refractivity contribution in [3.05, 3.63) is 37.0 Å². The lowest BCUT2D eigenvalue weighted by atomic mass is 9.79. The first-order valence-corrected chi connectivity index (χ1v) is 11.3. The topological polar surface area (TPSA) is 0 Å². The molecule has 0 N–H and O–H groups in total. The fourth-order valence-electron chi connectivity index (χ4n) is 4.77. The summed E-state index contributed by atoms with van der Waals surface area (Å²) in [7, 11) is 0. The van der Waals surface area contributed by atoms with Gasteiger partial charge in [-0.15, -0.1) is 6.58 Å². The van der Waals surface area contributed by atoms with Crippen molar-refractivity contribution >= 4 is 0 Å². The zero-order chi connectivity index (χ0) is 17.7. The Morgan fingerprint density at radius 3 is 1.64 bits per heavy atom. The number of hydrogen-bond donors (Lipinski definition) is 0. The quantitative estimate of drug-likeness (QED) is 0.350. The van der Waals surface area contributed by atoms with E-state index in [-0.39, 0.29) is 0 Å². The van der Waals surface area contributed by atoms with Gasteiger partial charge in [0, 0.05) is 0 Å². The van der Waals surface area contributed by atoms with Crippen molar-refractivity contribution in [1.82, 2.24) is 0 Å². The highest BCUT2D eigenvalue weighted by atomic mass is 14.3. The Bertz CT molecular complexity index is 386. The third kappa shape index (κ3) is 8.43. The molecule has 2 fully saturated rings. The van der Waals surface area contributed by atoms with Crippen molar-refractivity contribution in [2.75, 3.05) is 0 Å². The minimum Gasteiger partial charge on any atom is -0.103 e. The predicted octanol–water partition coefficient (Wildman–Crippen LogP) is 8.26. The van der Waals surface area contributed by atoms with Gasteiger partial charge in [-0.25, -0.2) is 0 Å². The molecular formula is C25H42. The van der Waals surface area contributed by atoms with Crippen LogP contribution in [-0.4, -0.2) is 0 Å². The summed E-state index contributed by atoms with van der Waals surface area (Å²) in [6.45, 7) is 6.12. The Labute approximate surface area is 157 Å². The minimum atomic E-state index is 0.874. The van der Waals surface area contributed by atoms with E-state index in [9.17, 15) is 0 Å². The van der Waals surface area contributed by atoms with Gasteiger partial charge in [-0.05, 0) is 107 Å². The molecule has 0 heteroatoms. The molecule has 0 aromatic rings. The SMILES string of the molecule is C=CCCC1CCC(/C=C/CCC2CCC(/C=C/CCC)CC2)CC1. The van der Waals surface area contributed by atoms with Crippen LogP contribution in [0.4, 0.5) is 0 Å². The Morgan fingerprint density at radius 2 is 1.16 bits per heavy atom. The maximum Gasteiger partial charge on any atom is -0.0233 e. The molecule has 0 saturated heterocycles. The molecule has 0 heterocycles. The summed E-state index contributed by atoms with van der Waals surface area (Å²) >= 11 is 0. The van der Waals surface area contributed by atoms with Gasteiger partial charge in [-0.1, -0.05) is 43.7 Å². The number of hydrogen-bond acceptors (Lipinski definition) is 0. The second kappa shape index (κ2) is 12.6. The summed E-state index contributed by atoms with van der Waals surface area (Å²) in [5.74, 6) is 3.73. The van der Waals surface area contributed by atoms with Crippen molar-refractivity contribution in [2.24, 2.45) is 23.7 Å². The van der Waals surface area contributed by atoms with E-state index in [2.05, 4.69) is 43.9 Å². The fraction of sp³-hybridized carbons (Fsp3) is 0.760. The summed E-state index contributed by atoms with van der Waals surface area (Å²) in [6.07, 6.45) is 31.5. The van der Waals surface area contributed by atoms with E-state index >= 15 is 0 Å². The highest BCUT2D eigenvalue weighted by Crippen LogP contribution is 2.34. The monoisotopic (exact) mass is 342 g/mol. The predicted molar refractivity (Wildman–Crippen MR) is 113 cm³/mol. The van der Waals surface area contributed by atoms with Gasteiger partial charge in [0.15, 0.2) is 0 Å². The zero-order valence-corrected chi connectivity index (χ0v) is 16.8. The first-order valence-electron chi connectivity index (χ1n) is 11.3. The van der Waals surface area contributed by atoms with E-state index < -0.39 is 0 Å². The Balaban J connectivity index is 1.53. The molecule has 0 nitrogen and oxygen atoms in total. The molecule has 2 aliphatic rings. The standard InChI is InChI=1S/C25H42/c1-3-5-7-11-23-18-20-25(21-19-23)13-9-8-12-24-16-14-22(15-17-24)10-6-4-2/h4,7-8,11-12,22-25H,2-3,5-6,9-10,13-21H2,1H3/b11-7+,12-8+. The molecule has 2 aliphatic carbocycles. The maximum absolute atomic E-state index is 3.85. The van der Waals surface area contributed by atoms with Crippen LogP contribution < -0.4 is 0 Å². The van der Waals surface area contributed by atoms with Crippen molar-refractivity contribution in [2.45, 2.75) is 96.8 Å². The lowest BCUT2D eigenvalue weighted by molar-refractivity contribution is 0.293. The summed E-state index contributed by atoms with van der Waals surface area (Å²) in [5.41, 5.74) is 0. The van der Waals surface area contributed by atoms with Crippen LogP contribution in [0.5, 0.6) is 0 Å². The Morgan fingerprint density at radius 1 is 0.680 bits per heavy atom. The zero-order valence-electron chi connectivity index (χ0n) is 16.8. The molecule has 0 aromatic carbocycles. The molecule has 0 bridgehead atoms. The Hall–Kier alpha value is -0.780. The van der Waals surface area contributed by atoms with Crippen LogP contribution >= 0.6 is 0 Å². The van der Waals surface area contributed by atoms with Crippen LogP contribution in [0.3, 0.4) is 0 Å². The molecule has 0 aliphatic heterocycles. The molecule has 0 radical (unpaired) electrons. The van der Waals surface area contributed by atoms with Crippen molar-refractivity contribution in [3.63, 3.8) is 0 Å². The largest absolute Gasteiger partial charge is 0.103 e. The second-order valence-corrected chi connectivity index (χ2v) is 8.65. The van der Waals surface area contributed by atoms with Gasteiger partial charge in [0.2, 0.25) is 0 Å². The molecule has 2 saturated carbocycles. The van der Waals surface area contributed by atoms with Gasteiger partial charge in [0.05, 0.1) is 0 Å². The first-order chi connectivity index (χ1) is 12.3. The lowest BCUT2D eigenvalue weighted by Crippen LogP contribution is -2.13. The average molecular weight is 343 g/mol. The fourth-order valence-corrected chi connectivity index (χ4v) is 4.77. The summed E-state index contributed by atoms with van der Waals surface area (Å²) in [6, 6.07) is 0. The number of rotatable bonds is 10. The minimum absolute atomic E-state index is 0.874. The van der Waals surface area contributed by atoms with Crippen LogP contribution in [0.2, 0.25) is 0 Å². The molecule has 25 heavy (non-hydrogen) atoms. The molecule has 0 atom stereocenters. The van der Waals surface area contributed by atoms with Gasteiger partial charge in [-0.3, -0.25) is 0 Å². The van der Waals surface area contributed by atoms with Gasteiger partial charge in [0.25, 0.3) is 0 Å². The molecular weight excluding hydrogens is 300 g/mol. The van der Waals surface area contributed by atoms with Crippen LogP contribution in [0.25, 0.3) is 0 Å². The third-order valence-electron chi connectivity index (χ3n) is 6.58. The smallest absolute Gasteiger partial charge is 0.0233 e. The first kappa shape index (κ1) is 20.5. The highest BCUT2D eigenvalue weighted by Gasteiger charge is 2.20. The summed E-state index contributed by atoms with van der Waals surface area (Å²) in [5, 5.41) is 0. The highest BCUT2D eigenvalue weighted by molar-refractivity contribution is 4.93. The van der Waals surface area contributed by atoms with Gasteiger partial charge in [-0.2, -0.15) is 0 Å². The van der Waals surface area contributed by atoms with E-state index in [1.54, 1.807) is 0 Å². The maximum atomic E-state index is 3.85. The van der Waals surface area contributed by atoms with Gasteiger partial charge in [0.1, 0.15) is 0 Å². The number of allylic oxidation sites excluding steroid dienone is 5. The van der Waals surface area contributed by atoms with Crippen LogP contribution in [0.15, 0.2) is 37.0 Å². The van der Waals surface area contributed by atoms with Gasteiger partial charge < -0.3 is 0 Å². The van der Waals surface area contributed by atoms with E-state index in [0.717, 1.165) is 23.7 Å². The normalized spacial score (nSPS) is 30.9. The van der Waals surface area contributed by atoms with Crippen LogP contribution in [0.1, 0.15) is 96.8 Å². The molecule has 0 spiro atoms. The summed E-state index contributed by atoms with van der Waals surface area (Å²) in [4.78, 5) is 0. The molecule has 0 unspecified atom stereocenters. The average Bonchev–Trinajstić information content (AvgIpc) is 2.66. The Kier molecular flexibility index (Phi) is 10.3. The van der Waals surface area contributed by atoms with E-state index in [0.29, 0.717) is 0 Å². The van der Waals surface area contributed by atoms with E-state index in [4.69, 9.17) is 0 Å². The summed E-state index contributed by atoms with van der Waals surface area (Å²) < 4.78 is 0. The van der Waals surface area contributed by atoms with Gasteiger partial charge >= 0.3 is 0 Å². The second-order valence-electron chi connectivity index (χ2n) is 8.65. The number of unbranched alkanes of at least 4 members (excludes halogenated alkanes) is 1. The molecule has 142 valence electrons. The van der Waals surface area contributed by atoms with E-state index in [1.165, 1.54) is 89.9 Å². The molecule has 0 amide bonds. The van der Waals surface area contributed by atoms with Crippen LogP contribution in [0, 0.1) is 23.7 Å². The molecule has 2 rings (SSSR count). The van der Waals surface area contributed by atoms with Crippen LogP contribution in [-0.2, 0) is 0 Å². The van der Waals surface area contributed by atoms with Crippen molar-refractivity contribution < 1.29 is 0 Å². The van der Waals surface area contributed by atoms with Crippen molar-refractivity contribution in [1.29, 1.82) is 0 Å².